The first-order valence-corrected chi connectivity index (χ1v) is 7.89. The molecule has 0 aliphatic rings. The van der Waals surface area contributed by atoms with Crippen molar-refractivity contribution < 1.29 is 9.53 Å². The van der Waals surface area contributed by atoms with Crippen LogP contribution in [0.15, 0.2) is 17.1 Å². The Morgan fingerprint density at radius 1 is 1.27 bits per heavy atom. The zero-order valence-corrected chi connectivity index (χ0v) is 17.0. The molecule has 0 fully saturated rings. The average Bonchev–Trinajstić information content (AvgIpc) is 2.85. The van der Waals surface area contributed by atoms with Crippen molar-refractivity contribution in [2.45, 2.75) is 46.3 Å². The fourth-order valence-corrected chi connectivity index (χ4v) is 2.53. The van der Waals surface area contributed by atoms with Crippen molar-refractivity contribution in [3.63, 3.8) is 0 Å². The van der Waals surface area contributed by atoms with E-state index in [-0.39, 0.29) is 36.5 Å². The van der Waals surface area contributed by atoms with E-state index in [1.54, 1.807) is 18.4 Å². The minimum atomic E-state index is -0.469. The first-order chi connectivity index (χ1) is 9.84. The van der Waals surface area contributed by atoms with Gasteiger partial charge in [0.1, 0.15) is 12.1 Å². The fourth-order valence-electron chi connectivity index (χ4n) is 1.63. The van der Waals surface area contributed by atoms with Gasteiger partial charge in [-0.1, -0.05) is 6.92 Å². The van der Waals surface area contributed by atoms with Crippen molar-refractivity contribution in [1.29, 1.82) is 0 Å². The number of guanidine groups is 1. The summed E-state index contributed by atoms with van der Waals surface area (Å²) >= 11 is 1.78. The van der Waals surface area contributed by atoms with Crippen LogP contribution in [-0.2, 0) is 22.5 Å². The molecule has 0 aromatic carbocycles. The number of thiophene rings is 1. The lowest BCUT2D eigenvalue weighted by Gasteiger charge is -2.20. The van der Waals surface area contributed by atoms with Crippen LogP contribution in [0.3, 0.4) is 0 Å². The Hall–Kier alpha value is -0.830. The highest BCUT2D eigenvalue weighted by molar-refractivity contribution is 14.0. The van der Waals surface area contributed by atoms with Gasteiger partial charge in [0.15, 0.2) is 5.96 Å². The van der Waals surface area contributed by atoms with E-state index in [9.17, 15) is 4.79 Å². The van der Waals surface area contributed by atoms with Crippen LogP contribution in [0.5, 0.6) is 0 Å². The second kappa shape index (κ2) is 10.0. The molecule has 1 aromatic heterocycles. The van der Waals surface area contributed by atoms with E-state index >= 15 is 0 Å². The topological polar surface area (TPSA) is 62.7 Å². The molecule has 5 nitrogen and oxygen atoms in total. The SMILES string of the molecule is CCc1ccc(CNC(=NC)NCC(=O)OC(C)(C)C)s1.I. The predicted octanol–water partition coefficient (Wildman–Crippen LogP) is 2.94. The van der Waals surface area contributed by atoms with Gasteiger partial charge in [-0.3, -0.25) is 9.79 Å². The highest BCUT2D eigenvalue weighted by Crippen LogP contribution is 2.16. The number of hydrogen-bond acceptors (Lipinski definition) is 4. The number of rotatable bonds is 5. The number of aryl methyl sites for hydroxylation is 1. The largest absolute Gasteiger partial charge is 0.459 e. The number of ether oxygens (including phenoxy) is 1. The maximum Gasteiger partial charge on any atom is 0.325 e. The molecule has 1 heterocycles. The molecule has 0 saturated carbocycles. The van der Waals surface area contributed by atoms with Crippen LogP contribution in [0.2, 0.25) is 0 Å². The van der Waals surface area contributed by atoms with Crippen LogP contribution in [0.1, 0.15) is 37.4 Å². The molecule has 126 valence electrons. The lowest BCUT2D eigenvalue weighted by Crippen LogP contribution is -2.41. The molecule has 1 rings (SSSR count). The van der Waals surface area contributed by atoms with E-state index < -0.39 is 5.60 Å². The normalized spacial score (nSPS) is 11.6. The van der Waals surface area contributed by atoms with Crippen LogP contribution in [0, 0.1) is 0 Å². The standard InChI is InChI=1S/C15H25N3O2S.HI/c1-6-11-7-8-12(21-11)9-17-14(16-5)18-10-13(19)20-15(2,3)4;/h7-8H,6,9-10H2,1-5H3,(H2,16,17,18);1H. The molecule has 0 aliphatic carbocycles. The molecule has 22 heavy (non-hydrogen) atoms. The van der Waals surface area contributed by atoms with Gasteiger partial charge in [-0.25, -0.2) is 0 Å². The minimum absolute atomic E-state index is 0. The molecule has 0 saturated heterocycles. The molecule has 2 N–H and O–H groups in total. The van der Waals surface area contributed by atoms with Gasteiger partial charge in [0.25, 0.3) is 0 Å². The molecular formula is C15H26IN3O2S. The molecule has 0 atom stereocenters. The van der Waals surface area contributed by atoms with E-state index in [0.717, 1.165) is 6.42 Å². The van der Waals surface area contributed by atoms with Gasteiger partial charge in [0.2, 0.25) is 0 Å². The van der Waals surface area contributed by atoms with Gasteiger partial charge >= 0.3 is 5.97 Å². The highest BCUT2D eigenvalue weighted by Gasteiger charge is 2.16. The third kappa shape index (κ3) is 8.57. The average molecular weight is 439 g/mol. The van der Waals surface area contributed by atoms with Crippen molar-refractivity contribution >= 4 is 47.2 Å². The number of carbonyl (C=O) groups excluding carboxylic acids is 1. The quantitative estimate of drug-likeness (QED) is 0.321. The molecule has 0 unspecified atom stereocenters. The molecule has 0 bridgehead atoms. The summed E-state index contributed by atoms with van der Waals surface area (Å²) in [5, 5.41) is 6.13. The minimum Gasteiger partial charge on any atom is -0.459 e. The monoisotopic (exact) mass is 439 g/mol. The molecular weight excluding hydrogens is 413 g/mol. The number of halogens is 1. The molecule has 0 aliphatic heterocycles. The van der Waals surface area contributed by atoms with Crippen molar-refractivity contribution in [1.82, 2.24) is 10.6 Å². The zero-order chi connectivity index (χ0) is 15.9. The molecule has 0 radical (unpaired) electrons. The Kier molecular flexibility index (Phi) is 9.66. The summed E-state index contributed by atoms with van der Waals surface area (Å²) in [6, 6.07) is 4.25. The Morgan fingerprint density at radius 3 is 2.41 bits per heavy atom. The van der Waals surface area contributed by atoms with E-state index in [4.69, 9.17) is 4.74 Å². The number of carbonyl (C=O) groups is 1. The third-order valence-electron chi connectivity index (χ3n) is 2.54. The van der Waals surface area contributed by atoms with Crippen molar-refractivity contribution in [2.24, 2.45) is 4.99 Å². The Balaban J connectivity index is 0.00000441. The smallest absolute Gasteiger partial charge is 0.325 e. The van der Waals surface area contributed by atoms with Crippen LogP contribution >= 0.6 is 35.3 Å². The van der Waals surface area contributed by atoms with E-state index in [2.05, 4.69) is 34.7 Å². The Morgan fingerprint density at radius 2 is 1.91 bits per heavy atom. The molecule has 0 spiro atoms. The maximum atomic E-state index is 11.6. The van der Waals surface area contributed by atoms with Gasteiger partial charge in [-0.15, -0.1) is 35.3 Å². The van der Waals surface area contributed by atoms with Gasteiger partial charge in [0, 0.05) is 16.8 Å². The van der Waals surface area contributed by atoms with Crippen LogP contribution < -0.4 is 10.6 Å². The molecule has 1 aromatic rings. The fraction of sp³-hybridized carbons (Fsp3) is 0.600. The van der Waals surface area contributed by atoms with Gasteiger partial charge in [-0.2, -0.15) is 0 Å². The lowest BCUT2D eigenvalue weighted by atomic mass is 10.2. The van der Waals surface area contributed by atoms with E-state index in [1.807, 2.05) is 20.8 Å². The number of hydrogen-bond donors (Lipinski definition) is 2. The second-order valence-corrected chi connectivity index (χ2v) is 6.84. The van der Waals surface area contributed by atoms with Gasteiger partial charge in [0.05, 0.1) is 6.54 Å². The van der Waals surface area contributed by atoms with Crippen molar-refractivity contribution in [3.05, 3.63) is 21.9 Å². The van der Waals surface area contributed by atoms with Crippen LogP contribution in [-0.4, -0.2) is 31.1 Å². The summed E-state index contributed by atoms with van der Waals surface area (Å²) in [6.07, 6.45) is 1.05. The summed E-state index contributed by atoms with van der Waals surface area (Å²) in [5.74, 6) is 0.294. The number of aliphatic imine (C=N–C) groups is 1. The van der Waals surface area contributed by atoms with E-state index in [0.29, 0.717) is 12.5 Å². The Bertz CT molecular complexity index is 495. The lowest BCUT2D eigenvalue weighted by molar-refractivity contribution is -0.153. The number of esters is 1. The highest BCUT2D eigenvalue weighted by atomic mass is 127. The Labute approximate surface area is 154 Å². The summed E-state index contributed by atoms with van der Waals surface area (Å²) in [7, 11) is 1.68. The summed E-state index contributed by atoms with van der Waals surface area (Å²) in [4.78, 5) is 18.3. The van der Waals surface area contributed by atoms with Gasteiger partial charge in [-0.05, 0) is 39.3 Å². The maximum absolute atomic E-state index is 11.6. The van der Waals surface area contributed by atoms with E-state index in [1.165, 1.54) is 9.75 Å². The van der Waals surface area contributed by atoms with Crippen LogP contribution in [0.4, 0.5) is 0 Å². The second-order valence-electron chi connectivity index (χ2n) is 5.59. The van der Waals surface area contributed by atoms with Crippen molar-refractivity contribution in [2.75, 3.05) is 13.6 Å². The first kappa shape index (κ1) is 21.2. The van der Waals surface area contributed by atoms with Crippen LogP contribution in [0.25, 0.3) is 0 Å². The summed E-state index contributed by atoms with van der Waals surface area (Å²) in [6.45, 7) is 8.48. The molecule has 0 amide bonds. The first-order valence-electron chi connectivity index (χ1n) is 7.08. The van der Waals surface area contributed by atoms with Crippen molar-refractivity contribution in [3.8, 4) is 0 Å². The summed E-state index contributed by atoms with van der Waals surface area (Å²) in [5.41, 5.74) is -0.469. The molecule has 7 heteroatoms. The summed E-state index contributed by atoms with van der Waals surface area (Å²) < 4.78 is 5.23. The number of nitrogens with one attached hydrogen (secondary N) is 2. The zero-order valence-electron chi connectivity index (χ0n) is 13.9. The number of nitrogens with zero attached hydrogens (tertiary/aromatic N) is 1. The van der Waals surface area contributed by atoms with Gasteiger partial charge < -0.3 is 15.4 Å². The predicted molar refractivity (Wildman–Crippen MR) is 103 cm³/mol. The third-order valence-corrected chi connectivity index (χ3v) is 3.77.